The Bertz CT molecular complexity index is 791. The molecule has 0 N–H and O–H groups in total. The van der Waals surface area contributed by atoms with E-state index in [-0.39, 0.29) is 18.3 Å². The molecule has 0 aliphatic carbocycles. The lowest BCUT2D eigenvalue weighted by Crippen LogP contribution is -2.16. The maximum Gasteiger partial charge on any atom is 0.316 e. The number of hydrogen-bond acceptors (Lipinski definition) is 5. The fourth-order valence-corrected chi connectivity index (χ4v) is 3.65. The molecule has 0 aromatic heterocycles. The summed E-state index contributed by atoms with van der Waals surface area (Å²) in [5.41, 5.74) is 3.15. The maximum atomic E-state index is 12.0. The molecule has 0 atom stereocenters. The molecule has 0 fully saturated rings. The van der Waals surface area contributed by atoms with Crippen molar-refractivity contribution in [2.75, 3.05) is 19.0 Å². The van der Waals surface area contributed by atoms with Gasteiger partial charge in [-0.05, 0) is 43.2 Å². The van der Waals surface area contributed by atoms with E-state index in [4.69, 9.17) is 25.8 Å². The van der Waals surface area contributed by atoms with Gasteiger partial charge in [-0.3, -0.25) is 4.79 Å². The van der Waals surface area contributed by atoms with E-state index in [9.17, 15) is 4.79 Å². The van der Waals surface area contributed by atoms with Gasteiger partial charge in [-0.1, -0.05) is 29.3 Å². The molecule has 2 aromatic carbocycles. The number of esters is 1. The highest BCUT2D eigenvalue weighted by Gasteiger charge is 2.17. The Morgan fingerprint density at radius 2 is 2.00 bits per heavy atom. The molecule has 1 aliphatic rings. The third kappa shape index (κ3) is 4.61. The van der Waals surface area contributed by atoms with Crippen LogP contribution in [0, 0.1) is 13.8 Å². The number of halogens is 1. The molecule has 4 nitrogen and oxygen atoms in total. The number of thioether (sulfide) groups is 1. The Morgan fingerprint density at radius 3 is 2.80 bits per heavy atom. The zero-order valence-corrected chi connectivity index (χ0v) is 15.7. The molecule has 0 unspecified atom stereocenters. The van der Waals surface area contributed by atoms with Gasteiger partial charge in [0.1, 0.15) is 19.8 Å². The minimum Gasteiger partial charge on any atom is -0.486 e. The monoisotopic (exact) mass is 378 g/mol. The summed E-state index contributed by atoms with van der Waals surface area (Å²) in [6, 6.07) is 9.70. The van der Waals surface area contributed by atoms with Gasteiger partial charge in [0.15, 0.2) is 11.5 Å². The molecule has 0 radical (unpaired) electrons. The van der Waals surface area contributed by atoms with E-state index in [1.54, 1.807) is 12.1 Å². The second kappa shape index (κ2) is 8.02. The van der Waals surface area contributed by atoms with Gasteiger partial charge in [-0.2, -0.15) is 0 Å². The summed E-state index contributed by atoms with van der Waals surface area (Å²) < 4.78 is 16.3. The summed E-state index contributed by atoms with van der Waals surface area (Å²) >= 11 is 7.66. The highest BCUT2D eigenvalue weighted by Crippen LogP contribution is 2.38. The van der Waals surface area contributed by atoms with Gasteiger partial charge in [0.05, 0.1) is 10.8 Å². The van der Waals surface area contributed by atoms with Crippen LogP contribution in [0.5, 0.6) is 11.5 Å². The summed E-state index contributed by atoms with van der Waals surface area (Å²) in [4.78, 5) is 13.1. The molecule has 0 saturated heterocycles. The number of fused-ring (bicyclic) bond motifs is 1. The summed E-state index contributed by atoms with van der Waals surface area (Å²) in [6.07, 6.45) is 0. The molecule has 132 valence electrons. The lowest BCUT2D eigenvalue weighted by molar-refractivity contribution is -0.141. The number of carbonyl (C=O) groups is 1. The first kappa shape index (κ1) is 18.0. The number of rotatable bonds is 5. The lowest BCUT2D eigenvalue weighted by Gasteiger charge is -2.20. The van der Waals surface area contributed by atoms with E-state index in [1.807, 2.05) is 26.0 Å². The van der Waals surface area contributed by atoms with Crippen molar-refractivity contribution in [3.63, 3.8) is 0 Å². The third-order valence-corrected chi connectivity index (χ3v) is 5.16. The normalized spacial score (nSPS) is 12.8. The molecule has 0 bridgehead atoms. The molecule has 25 heavy (non-hydrogen) atoms. The molecule has 6 heteroatoms. The van der Waals surface area contributed by atoms with Gasteiger partial charge < -0.3 is 14.2 Å². The first-order valence-corrected chi connectivity index (χ1v) is 9.33. The minimum atomic E-state index is -0.268. The van der Waals surface area contributed by atoms with Crippen molar-refractivity contribution in [2.24, 2.45) is 0 Å². The van der Waals surface area contributed by atoms with Crippen molar-refractivity contribution in [3.05, 3.63) is 52.0 Å². The van der Waals surface area contributed by atoms with Crippen LogP contribution in [-0.2, 0) is 16.1 Å². The van der Waals surface area contributed by atoms with Crippen molar-refractivity contribution in [1.29, 1.82) is 0 Å². The van der Waals surface area contributed by atoms with E-state index in [1.165, 1.54) is 17.3 Å². The Hall–Kier alpha value is -1.85. The van der Waals surface area contributed by atoms with E-state index < -0.39 is 0 Å². The van der Waals surface area contributed by atoms with Crippen molar-refractivity contribution < 1.29 is 19.0 Å². The SMILES string of the molecule is Cc1ccc(SCC(=O)OCc2cc(Cl)c3c(c2)OCCO3)c(C)c1. The number of benzene rings is 2. The number of carbonyl (C=O) groups excluding carboxylic acids is 1. The van der Waals surface area contributed by atoms with Gasteiger partial charge in [0.25, 0.3) is 0 Å². The highest BCUT2D eigenvalue weighted by molar-refractivity contribution is 8.00. The van der Waals surface area contributed by atoms with Crippen LogP contribution in [0.15, 0.2) is 35.2 Å². The van der Waals surface area contributed by atoms with Gasteiger partial charge in [-0.25, -0.2) is 0 Å². The zero-order chi connectivity index (χ0) is 17.8. The highest BCUT2D eigenvalue weighted by atomic mass is 35.5. The average Bonchev–Trinajstić information content (AvgIpc) is 2.59. The zero-order valence-electron chi connectivity index (χ0n) is 14.1. The van der Waals surface area contributed by atoms with Crippen LogP contribution >= 0.6 is 23.4 Å². The van der Waals surface area contributed by atoms with Gasteiger partial charge >= 0.3 is 5.97 Å². The van der Waals surface area contributed by atoms with Gasteiger partial charge in [0, 0.05) is 4.90 Å². The maximum absolute atomic E-state index is 12.0. The molecule has 1 heterocycles. The first-order valence-electron chi connectivity index (χ1n) is 7.96. The van der Waals surface area contributed by atoms with E-state index in [0.29, 0.717) is 29.7 Å². The topological polar surface area (TPSA) is 44.8 Å². The van der Waals surface area contributed by atoms with Crippen LogP contribution in [0.25, 0.3) is 0 Å². The fraction of sp³-hybridized carbons (Fsp3) is 0.316. The smallest absolute Gasteiger partial charge is 0.316 e. The molecule has 0 amide bonds. The van der Waals surface area contributed by atoms with E-state index in [2.05, 4.69) is 6.07 Å². The van der Waals surface area contributed by atoms with Crippen LogP contribution in [0.3, 0.4) is 0 Å². The number of ether oxygens (including phenoxy) is 3. The van der Waals surface area contributed by atoms with Gasteiger partial charge in [0.2, 0.25) is 0 Å². The van der Waals surface area contributed by atoms with Crippen LogP contribution < -0.4 is 9.47 Å². The molecular formula is C19H19ClO4S. The van der Waals surface area contributed by atoms with Crippen LogP contribution in [0.2, 0.25) is 5.02 Å². The van der Waals surface area contributed by atoms with E-state index in [0.717, 1.165) is 16.0 Å². The predicted octanol–water partition coefficient (Wildman–Crippen LogP) is 4.56. The Kier molecular flexibility index (Phi) is 5.76. The molecule has 0 spiro atoms. The second-order valence-electron chi connectivity index (χ2n) is 5.82. The molecule has 1 aliphatic heterocycles. The Labute approximate surface area is 156 Å². The summed E-state index contributed by atoms with van der Waals surface area (Å²) in [7, 11) is 0. The Morgan fingerprint density at radius 1 is 1.20 bits per heavy atom. The molecule has 0 saturated carbocycles. The van der Waals surface area contributed by atoms with Crippen LogP contribution in [0.4, 0.5) is 0 Å². The number of aryl methyl sites for hydroxylation is 2. The average molecular weight is 379 g/mol. The summed E-state index contributed by atoms with van der Waals surface area (Å²) in [5.74, 6) is 1.14. The quantitative estimate of drug-likeness (QED) is 0.563. The van der Waals surface area contributed by atoms with Crippen LogP contribution in [-0.4, -0.2) is 24.9 Å². The predicted molar refractivity (Wildman–Crippen MR) is 98.9 cm³/mol. The van der Waals surface area contributed by atoms with Crippen molar-refractivity contribution in [3.8, 4) is 11.5 Å². The van der Waals surface area contributed by atoms with Crippen molar-refractivity contribution in [1.82, 2.24) is 0 Å². The molecule has 2 aromatic rings. The van der Waals surface area contributed by atoms with Gasteiger partial charge in [-0.15, -0.1) is 11.8 Å². The summed E-state index contributed by atoms with van der Waals surface area (Å²) in [6.45, 7) is 5.21. The van der Waals surface area contributed by atoms with Crippen molar-refractivity contribution in [2.45, 2.75) is 25.3 Å². The number of hydrogen-bond donors (Lipinski definition) is 0. The molecular weight excluding hydrogens is 360 g/mol. The van der Waals surface area contributed by atoms with Crippen LogP contribution in [0.1, 0.15) is 16.7 Å². The van der Waals surface area contributed by atoms with Crippen molar-refractivity contribution >= 4 is 29.3 Å². The standard InChI is InChI=1S/C19H19ClO4S/c1-12-3-4-17(13(2)7-12)25-11-18(21)24-10-14-8-15(20)19-16(9-14)22-5-6-23-19/h3-4,7-9H,5-6,10-11H2,1-2H3. The Balaban J connectivity index is 1.54. The second-order valence-corrected chi connectivity index (χ2v) is 7.24. The summed E-state index contributed by atoms with van der Waals surface area (Å²) in [5, 5.41) is 0.466. The first-order chi connectivity index (χ1) is 12.0. The fourth-order valence-electron chi connectivity index (χ4n) is 2.55. The lowest BCUT2D eigenvalue weighted by atomic mass is 10.2. The molecule has 3 rings (SSSR count). The largest absolute Gasteiger partial charge is 0.486 e. The third-order valence-electron chi connectivity index (χ3n) is 3.73. The minimum absolute atomic E-state index is 0.155. The van der Waals surface area contributed by atoms with E-state index >= 15 is 0 Å².